The minimum atomic E-state index is -0.932. The Hall–Kier alpha value is -1.39. The van der Waals surface area contributed by atoms with Gasteiger partial charge < -0.3 is 5.11 Å². The Kier molecular flexibility index (Phi) is 1.66. The monoisotopic (exact) mass is 142 g/mol. The van der Waals surface area contributed by atoms with Crippen LogP contribution in [0, 0.1) is 6.92 Å². The average molecular weight is 142 g/mol. The number of carbonyl (C=O) groups is 1. The molecule has 0 unspecified atom stereocenters. The zero-order valence-corrected chi connectivity index (χ0v) is 5.37. The molecule has 0 bridgehead atoms. The van der Waals surface area contributed by atoms with Crippen LogP contribution in [0.1, 0.15) is 11.4 Å². The molecule has 0 fully saturated rings. The van der Waals surface area contributed by atoms with E-state index in [2.05, 4.69) is 14.9 Å². The van der Waals surface area contributed by atoms with Crippen molar-refractivity contribution in [3.05, 3.63) is 11.4 Å². The highest BCUT2D eigenvalue weighted by molar-refractivity contribution is 5.69. The topological polar surface area (TPSA) is 76.2 Å². The molecule has 0 radical (unpaired) electrons. The van der Waals surface area contributed by atoms with Crippen LogP contribution < -0.4 is 0 Å². The second kappa shape index (κ2) is 2.47. The van der Waals surface area contributed by atoms with Crippen molar-refractivity contribution in [3.8, 4) is 0 Å². The summed E-state index contributed by atoms with van der Waals surface area (Å²) in [4.78, 5) is 10.1. The molecule has 0 aromatic carbocycles. The first-order valence-corrected chi connectivity index (χ1v) is 2.70. The summed E-state index contributed by atoms with van der Waals surface area (Å²) in [5.74, 6) is -0.932. The number of hydrogen-bond donors (Lipinski definition) is 1. The van der Waals surface area contributed by atoms with Gasteiger partial charge in [0.25, 0.3) is 0 Å². The highest BCUT2D eigenvalue weighted by Crippen LogP contribution is 2.00. The maximum atomic E-state index is 10.1. The van der Waals surface area contributed by atoms with E-state index in [0.29, 0.717) is 11.4 Å². The van der Waals surface area contributed by atoms with E-state index in [1.54, 1.807) is 6.92 Å². The van der Waals surface area contributed by atoms with Crippen molar-refractivity contribution in [2.24, 2.45) is 0 Å². The molecule has 5 nitrogen and oxygen atoms in total. The summed E-state index contributed by atoms with van der Waals surface area (Å²) >= 11 is 0. The molecule has 10 heavy (non-hydrogen) atoms. The molecular weight excluding hydrogens is 136 g/mol. The van der Waals surface area contributed by atoms with Crippen LogP contribution in [0.4, 0.5) is 0 Å². The SMILES string of the molecule is Cc1nonc1CC(=O)O. The molecule has 0 aliphatic heterocycles. The van der Waals surface area contributed by atoms with Gasteiger partial charge in [0.15, 0.2) is 0 Å². The van der Waals surface area contributed by atoms with E-state index in [9.17, 15) is 4.79 Å². The summed E-state index contributed by atoms with van der Waals surface area (Å²) in [6, 6.07) is 0. The molecule has 0 amide bonds. The summed E-state index contributed by atoms with van der Waals surface area (Å²) in [5, 5.41) is 15.1. The summed E-state index contributed by atoms with van der Waals surface area (Å²) in [6.07, 6.45) is -0.130. The fraction of sp³-hybridized carbons (Fsp3) is 0.400. The predicted molar refractivity (Wildman–Crippen MR) is 30.4 cm³/mol. The van der Waals surface area contributed by atoms with Crippen LogP contribution in [0.3, 0.4) is 0 Å². The molecule has 54 valence electrons. The van der Waals surface area contributed by atoms with Crippen molar-refractivity contribution < 1.29 is 14.5 Å². The van der Waals surface area contributed by atoms with Crippen LogP contribution in [-0.4, -0.2) is 21.4 Å². The lowest BCUT2D eigenvalue weighted by molar-refractivity contribution is -0.136. The Bertz CT molecular complexity index is 243. The lowest BCUT2D eigenvalue weighted by Gasteiger charge is -1.85. The molecule has 0 aliphatic carbocycles. The maximum absolute atomic E-state index is 10.1. The fourth-order valence-corrected chi connectivity index (χ4v) is 0.553. The summed E-state index contributed by atoms with van der Waals surface area (Å²) in [5.41, 5.74) is 0.912. The minimum Gasteiger partial charge on any atom is -0.481 e. The number of carboxylic acid groups (broad SMARTS) is 1. The summed E-state index contributed by atoms with van der Waals surface area (Å²) in [6.45, 7) is 1.65. The quantitative estimate of drug-likeness (QED) is 0.629. The first-order valence-electron chi connectivity index (χ1n) is 2.70. The van der Waals surface area contributed by atoms with Gasteiger partial charge in [-0.15, -0.1) is 0 Å². The Morgan fingerprint density at radius 1 is 1.70 bits per heavy atom. The van der Waals surface area contributed by atoms with Gasteiger partial charge >= 0.3 is 5.97 Å². The van der Waals surface area contributed by atoms with Gasteiger partial charge in [-0.25, -0.2) is 4.63 Å². The van der Waals surface area contributed by atoms with Gasteiger partial charge in [0.2, 0.25) is 0 Å². The van der Waals surface area contributed by atoms with Crippen molar-refractivity contribution >= 4 is 5.97 Å². The van der Waals surface area contributed by atoms with Gasteiger partial charge in [-0.1, -0.05) is 10.3 Å². The van der Waals surface area contributed by atoms with E-state index in [1.165, 1.54) is 0 Å². The van der Waals surface area contributed by atoms with Crippen molar-refractivity contribution in [1.29, 1.82) is 0 Å². The van der Waals surface area contributed by atoms with Crippen molar-refractivity contribution in [3.63, 3.8) is 0 Å². The molecule has 1 aromatic heterocycles. The van der Waals surface area contributed by atoms with Gasteiger partial charge in [-0.3, -0.25) is 4.79 Å². The number of aliphatic carboxylic acids is 1. The smallest absolute Gasteiger partial charge is 0.309 e. The molecule has 1 rings (SSSR count). The molecule has 1 heterocycles. The number of aromatic nitrogens is 2. The standard InChI is InChI=1S/C5H6N2O3/c1-3-4(2-5(8)9)7-10-6-3/h2H2,1H3,(H,8,9). The number of hydrogen-bond acceptors (Lipinski definition) is 4. The van der Waals surface area contributed by atoms with Crippen molar-refractivity contribution in [2.75, 3.05) is 0 Å². The van der Waals surface area contributed by atoms with Crippen LogP contribution in [0.15, 0.2) is 4.63 Å². The molecule has 1 aromatic rings. The largest absolute Gasteiger partial charge is 0.481 e. The van der Waals surface area contributed by atoms with Crippen LogP contribution in [0.25, 0.3) is 0 Å². The zero-order chi connectivity index (χ0) is 7.56. The van der Waals surface area contributed by atoms with E-state index in [-0.39, 0.29) is 6.42 Å². The molecule has 0 spiro atoms. The fourth-order valence-electron chi connectivity index (χ4n) is 0.553. The average Bonchev–Trinajstić information content (AvgIpc) is 2.15. The van der Waals surface area contributed by atoms with Crippen LogP contribution >= 0.6 is 0 Å². The van der Waals surface area contributed by atoms with Gasteiger partial charge in [0, 0.05) is 0 Å². The minimum absolute atomic E-state index is 0.130. The van der Waals surface area contributed by atoms with E-state index < -0.39 is 5.97 Å². The van der Waals surface area contributed by atoms with Gasteiger partial charge in [-0.05, 0) is 6.92 Å². The summed E-state index contributed by atoms with van der Waals surface area (Å²) < 4.78 is 4.28. The van der Waals surface area contributed by atoms with Crippen molar-refractivity contribution in [1.82, 2.24) is 10.3 Å². The Balaban J connectivity index is 2.74. The zero-order valence-electron chi connectivity index (χ0n) is 5.37. The van der Waals surface area contributed by atoms with Crippen LogP contribution in [0.2, 0.25) is 0 Å². The second-order valence-electron chi connectivity index (χ2n) is 1.87. The Morgan fingerprint density at radius 2 is 2.40 bits per heavy atom. The molecule has 5 heteroatoms. The third-order valence-electron chi connectivity index (χ3n) is 1.07. The number of nitrogens with zero attached hydrogens (tertiary/aromatic N) is 2. The lowest BCUT2D eigenvalue weighted by Crippen LogP contribution is -2.01. The van der Waals surface area contributed by atoms with E-state index in [4.69, 9.17) is 5.11 Å². The lowest BCUT2D eigenvalue weighted by atomic mass is 10.3. The Labute approximate surface area is 56.6 Å². The predicted octanol–water partition coefficient (Wildman–Crippen LogP) is 0.00512. The highest BCUT2D eigenvalue weighted by atomic mass is 16.6. The molecule has 0 saturated heterocycles. The Morgan fingerprint density at radius 3 is 2.80 bits per heavy atom. The third-order valence-corrected chi connectivity index (χ3v) is 1.07. The molecule has 0 saturated carbocycles. The van der Waals surface area contributed by atoms with Crippen LogP contribution in [0.5, 0.6) is 0 Å². The molecule has 0 atom stereocenters. The number of aryl methyl sites for hydroxylation is 1. The summed E-state index contributed by atoms with van der Waals surface area (Å²) in [7, 11) is 0. The van der Waals surface area contributed by atoms with Crippen LogP contribution in [-0.2, 0) is 11.2 Å². The molecular formula is C5H6N2O3. The highest BCUT2D eigenvalue weighted by Gasteiger charge is 2.08. The van der Waals surface area contributed by atoms with Gasteiger partial charge in [-0.2, -0.15) is 0 Å². The normalized spacial score (nSPS) is 9.70. The van der Waals surface area contributed by atoms with Gasteiger partial charge in [0.05, 0.1) is 6.42 Å². The number of carboxylic acids is 1. The second-order valence-corrected chi connectivity index (χ2v) is 1.87. The van der Waals surface area contributed by atoms with E-state index in [0.717, 1.165) is 0 Å². The first-order chi connectivity index (χ1) is 4.70. The maximum Gasteiger partial charge on any atom is 0.309 e. The third kappa shape index (κ3) is 1.31. The molecule has 1 N–H and O–H groups in total. The van der Waals surface area contributed by atoms with E-state index in [1.807, 2.05) is 0 Å². The first kappa shape index (κ1) is 6.73. The van der Waals surface area contributed by atoms with Crippen molar-refractivity contribution in [2.45, 2.75) is 13.3 Å². The molecule has 0 aliphatic rings. The van der Waals surface area contributed by atoms with E-state index >= 15 is 0 Å². The van der Waals surface area contributed by atoms with Gasteiger partial charge in [0.1, 0.15) is 11.4 Å². The number of rotatable bonds is 2.